The van der Waals surface area contributed by atoms with E-state index in [2.05, 4.69) is 34.1 Å². The number of imidazole rings is 1. The number of aryl methyl sites for hydroxylation is 1. The minimum atomic E-state index is -0.224. The molecule has 7 nitrogen and oxygen atoms in total. The predicted molar refractivity (Wildman–Crippen MR) is 101 cm³/mol. The van der Waals surface area contributed by atoms with E-state index < -0.39 is 0 Å². The average molecular weight is 375 g/mol. The number of carbonyl (C=O) groups is 1. The number of hydrogen-bond donors (Lipinski definition) is 1. The lowest BCUT2D eigenvalue weighted by molar-refractivity contribution is 0.0909. The van der Waals surface area contributed by atoms with Gasteiger partial charge >= 0.3 is 0 Å². The summed E-state index contributed by atoms with van der Waals surface area (Å²) >= 11 is 1.46. The van der Waals surface area contributed by atoms with Crippen LogP contribution in [0.15, 0.2) is 22.2 Å². The number of amides is 1. The SMILES string of the molecule is CCc1oc(C(=O)NC(C)c2cn3ncsc3n2)cc1CN(CC)CC. The van der Waals surface area contributed by atoms with Crippen LogP contribution in [0, 0.1) is 0 Å². The molecule has 1 unspecified atom stereocenters. The van der Waals surface area contributed by atoms with Crippen molar-refractivity contribution in [3.63, 3.8) is 0 Å². The van der Waals surface area contributed by atoms with E-state index in [-0.39, 0.29) is 11.9 Å². The van der Waals surface area contributed by atoms with Gasteiger partial charge in [-0.15, -0.1) is 0 Å². The van der Waals surface area contributed by atoms with Crippen molar-refractivity contribution in [3.05, 3.63) is 40.6 Å². The molecule has 1 N–H and O–H groups in total. The highest BCUT2D eigenvalue weighted by atomic mass is 32.1. The van der Waals surface area contributed by atoms with Crippen molar-refractivity contribution in [2.24, 2.45) is 0 Å². The molecule has 0 saturated carbocycles. The van der Waals surface area contributed by atoms with E-state index in [1.165, 1.54) is 11.3 Å². The molecule has 26 heavy (non-hydrogen) atoms. The lowest BCUT2D eigenvalue weighted by Gasteiger charge is -2.17. The second-order valence-electron chi connectivity index (χ2n) is 6.20. The molecule has 0 saturated heterocycles. The van der Waals surface area contributed by atoms with Gasteiger partial charge in [-0.1, -0.05) is 32.1 Å². The van der Waals surface area contributed by atoms with Crippen LogP contribution in [0.4, 0.5) is 0 Å². The molecule has 140 valence electrons. The van der Waals surface area contributed by atoms with E-state index >= 15 is 0 Å². The van der Waals surface area contributed by atoms with Gasteiger partial charge in [0.05, 0.1) is 17.9 Å². The summed E-state index contributed by atoms with van der Waals surface area (Å²) < 4.78 is 7.54. The first-order chi connectivity index (χ1) is 12.5. The summed E-state index contributed by atoms with van der Waals surface area (Å²) in [4.78, 5) is 20.2. The Morgan fingerprint density at radius 1 is 1.38 bits per heavy atom. The standard InChI is InChI=1S/C18H25N5O2S/c1-5-15-13(9-22(6-2)7-3)8-16(25-15)17(24)20-12(4)14-10-23-18(21-14)26-11-19-23/h8,10-12H,5-7,9H2,1-4H3,(H,20,24). The summed E-state index contributed by atoms with van der Waals surface area (Å²) in [5, 5.41) is 7.13. The number of fused-ring (bicyclic) bond motifs is 1. The van der Waals surface area contributed by atoms with E-state index in [9.17, 15) is 4.79 Å². The Balaban J connectivity index is 1.72. The van der Waals surface area contributed by atoms with Crippen LogP contribution in [-0.2, 0) is 13.0 Å². The Kier molecular flexibility index (Phi) is 5.73. The van der Waals surface area contributed by atoms with E-state index in [1.54, 1.807) is 10.0 Å². The topological polar surface area (TPSA) is 75.7 Å². The van der Waals surface area contributed by atoms with Crippen molar-refractivity contribution in [3.8, 4) is 0 Å². The monoisotopic (exact) mass is 375 g/mol. The molecule has 0 aliphatic heterocycles. The second kappa shape index (κ2) is 8.01. The first kappa shape index (κ1) is 18.6. The Morgan fingerprint density at radius 3 is 2.81 bits per heavy atom. The highest BCUT2D eigenvalue weighted by Gasteiger charge is 2.20. The minimum absolute atomic E-state index is 0.220. The molecule has 0 fully saturated rings. The van der Waals surface area contributed by atoms with Crippen molar-refractivity contribution in [2.45, 2.75) is 46.7 Å². The quantitative estimate of drug-likeness (QED) is 0.654. The van der Waals surface area contributed by atoms with Crippen molar-refractivity contribution in [1.29, 1.82) is 0 Å². The maximum atomic E-state index is 12.6. The van der Waals surface area contributed by atoms with Gasteiger partial charge in [0.15, 0.2) is 5.76 Å². The average Bonchev–Trinajstić information content (AvgIpc) is 3.33. The lowest BCUT2D eigenvalue weighted by atomic mass is 10.2. The maximum Gasteiger partial charge on any atom is 0.287 e. The fourth-order valence-electron chi connectivity index (χ4n) is 2.91. The van der Waals surface area contributed by atoms with Gasteiger partial charge < -0.3 is 9.73 Å². The number of carbonyl (C=O) groups excluding carboxylic acids is 1. The number of hydrogen-bond acceptors (Lipinski definition) is 6. The number of furan rings is 1. The molecule has 0 bridgehead atoms. The molecule has 3 aromatic rings. The summed E-state index contributed by atoms with van der Waals surface area (Å²) in [7, 11) is 0. The maximum absolute atomic E-state index is 12.6. The van der Waals surface area contributed by atoms with E-state index in [0.717, 1.165) is 48.0 Å². The molecule has 3 heterocycles. The van der Waals surface area contributed by atoms with Crippen LogP contribution in [0.25, 0.3) is 4.96 Å². The summed E-state index contributed by atoms with van der Waals surface area (Å²) in [6.07, 6.45) is 2.60. The largest absolute Gasteiger partial charge is 0.456 e. The molecule has 3 aromatic heterocycles. The predicted octanol–water partition coefficient (Wildman–Crippen LogP) is 3.28. The van der Waals surface area contributed by atoms with Crippen LogP contribution in [0.3, 0.4) is 0 Å². The van der Waals surface area contributed by atoms with Crippen LogP contribution in [0.2, 0.25) is 0 Å². The molecule has 0 aromatic carbocycles. The zero-order valence-electron chi connectivity index (χ0n) is 15.7. The van der Waals surface area contributed by atoms with Crippen molar-refractivity contribution < 1.29 is 9.21 Å². The Hall–Kier alpha value is -2.19. The van der Waals surface area contributed by atoms with Gasteiger partial charge in [-0.3, -0.25) is 9.69 Å². The first-order valence-corrected chi connectivity index (χ1v) is 9.87. The Morgan fingerprint density at radius 2 is 2.15 bits per heavy atom. The van der Waals surface area contributed by atoms with Gasteiger partial charge in [-0.05, 0) is 26.1 Å². The highest BCUT2D eigenvalue weighted by Crippen LogP contribution is 2.20. The highest BCUT2D eigenvalue weighted by molar-refractivity contribution is 7.14. The number of aromatic nitrogens is 3. The second-order valence-corrected chi connectivity index (χ2v) is 7.01. The molecule has 3 rings (SSSR count). The Labute approximate surface area is 157 Å². The fourth-order valence-corrected chi connectivity index (χ4v) is 3.51. The minimum Gasteiger partial charge on any atom is -0.456 e. The fraction of sp³-hybridized carbons (Fsp3) is 0.500. The van der Waals surface area contributed by atoms with E-state index in [1.807, 2.05) is 26.1 Å². The normalized spacial score (nSPS) is 12.8. The van der Waals surface area contributed by atoms with E-state index in [4.69, 9.17) is 4.42 Å². The molecule has 0 aliphatic carbocycles. The molecular weight excluding hydrogens is 350 g/mol. The third-order valence-electron chi connectivity index (χ3n) is 4.53. The van der Waals surface area contributed by atoms with Crippen LogP contribution < -0.4 is 5.32 Å². The first-order valence-electron chi connectivity index (χ1n) is 8.99. The van der Waals surface area contributed by atoms with Crippen LogP contribution in [0.1, 0.15) is 61.3 Å². The van der Waals surface area contributed by atoms with Gasteiger partial charge in [0.2, 0.25) is 4.96 Å². The zero-order valence-corrected chi connectivity index (χ0v) is 16.5. The number of nitrogens with one attached hydrogen (secondary N) is 1. The molecule has 1 amide bonds. The van der Waals surface area contributed by atoms with Gasteiger partial charge in [0.25, 0.3) is 5.91 Å². The molecule has 0 spiro atoms. The smallest absolute Gasteiger partial charge is 0.287 e. The van der Waals surface area contributed by atoms with Crippen LogP contribution >= 0.6 is 11.3 Å². The van der Waals surface area contributed by atoms with Crippen LogP contribution in [-0.4, -0.2) is 38.5 Å². The lowest BCUT2D eigenvalue weighted by Crippen LogP contribution is -2.26. The third kappa shape index (κ3) is 3.81. The zero-order chi connectivity index (χ0) is 18.7. The number of rotatable bonds is 8. The summed E-state index contributed by atoms with van der Waals surface area (Å²) in [6.45, 7) is 10.9. The number of nitrogens with zero attached hydrogens (tertiary/aromatic N) is 4. The molecular formula is C18H25N5O2S. The van der Waals surface area contributed by atoms with Crippen molar-refractivity contribution >= 4 is 22.2 Å². The molecule has 1 atom stereocenters. The molecule has 0 radical (unpaired) electrons. The van der Waals surface area contributed by atoms with Gasteiger partial charge in [0, 0.05) is 18.5 Å². The summed E-state index contributed by atoms with van der Waals surface area (Å²) in [6, 6.07) is 1.64. The third-order valence-corrected chi connectivity index (χ3v) is 5.21. The molecule has 0 aliphatic rings. The summed E-state index contributed by atoms with van der Waals surface area (Å²) in [5.41, 5.74) is 3.60. The van der Waals surface area contributed by atoms with Gasteiger partial charge in [0.1, 0.15) is 11.3 Å². The van der Waals surface area contributed by atoms with Gasteiger partial charge in [-0.2, -0.15) is 5.10 Å². The van der Waals surface area contributed by atoms with Crippen LogP contribution in [0.5, 0.6) is 0 Å². The molecule has 8 heteroatoms. The summed E-state index contributed by atoms with van der Waals surface area (Å²) in [5.74, 6) is 1.01. The van der Waals surface area contributed by atoms with Gasteiger partial charge in [-0.25, -0.2) is 9.50 Å². The van der Waals surface area contributed by atoms with E-state index in [0.29, 0.717) is 5.76 Å². The van der Waals surface area contributed by atoms with Crippen molar-refractivity contribution in [2.75, 3.05) is 13.1 Å². The Bertz CT molecular complexity index is 849. The van der Waals surface area contributed by atoms with Crippen molar-refractivity contribution in [1.82, 2.24) is 24.8 Å².